The summed E-state index contributed by atoms with van der Waals surface area (Å²) in [4.78, 5) is 35.9. The second-order valence-electron chi connectivity index (χ2n) is 4.94. The second-order valence-corrected chi connectivity index (χ2v) is 4.94. The molecular weight excluding hydrogens is 447 g/mol. The number of benzene rings is 1. The molecule has 166 valence electrons. The van der Waals surface area contributed by atoms with Gasteiger partial charge >= 0.3 is 30.5 Å². The van der Waals surface area contributed by atoms with E-state index in [1.165, 1.54) is 25.3 Å². The maximum Gasteiger partial charge on any atom is 0.491 e. The Morgan fingerprint density at radius 2 is 1.43 bits per heavy atom. The molecule has 16 heteroatoms. The number of alkyl halides is 9. The smallest absolute Gasteiger partial charge is 0.491 e. The molecule has 1 aromatic carbocycles. The SMILES string of the molecule is COc1cccc2nc(C(F)(F)F)[nH]c(=O)c12.O=C(OC(=O)C(F)(F)F)C(F)(F)F. The van der Waals surface area contributed by atoms with Gasteiger partial charge in [-0.1, -0.05) is 6.07 Å². The van der Waals surface area contributed by atoms with Crippen LogP contribution in [0.1, 0.15) is 5.82 Å². The summed E-state index contributed by atoms with van der Waals surface area (Å²) in [7, 11) is 1.33. The van der Waals surface area contributed by atoms with E-state index >= 15 is 0 Å². The first kappa shape index (κ1) is 24.7. The van der Waals surface area contributed by atoms with E-state index < -0.39 is 41.9 Å². The minimum atomic E-state index is -5.62. The van der Waals surface area contributed by atoms with Gasteiger partial charge < -0.3 is 14.5 Å². The van der Waals surface area contributed by atoms with Crippen molar-refractivity contribution in [3.63, 3.8) is 0 Å². The van der Waals surface area contributed by atoms with Gasteiger partial charge in [0.1, 0.15) is 11.1 Å². The van der Waals surface area contributed by atoms with Gasteiger partial charge in [-0.05, 0) is 12.1 Å². The molecule has 0 amide bonds. The Morgan fingerprint density at radius 3 is 1.83 bits per heavy atom. The molecule has 1 N–H and O–H groups in total. The third kappa shape index (κ3) is 6.35. The lowest BCUT2D eigenvalue weighted by molar-refractivity contribution is -0.221. The van der Waals surface area contributed by atoms with Crippen molar-refractivity contribution in [2.24, 2.45) is 0 Å². The first-order valence-corrected chi connectivity index (χ1v) is 7.03. The fourth-order valence-electron chi connectivity index (χ4n) is 1.66. The lowest BCUT2D eigenvalue weighted by atomic mass is 10.2. The number of aromatic nitrogens is 2. The van der Waals surface area contributed by atoms with Crippen molar-refractivity contribution in [1.29, 1.82) is 0 Å². The number of nitrogens with zero attached hydrogens (tertiary/aromatic N) is 1. The number of esters is 2. The number of H-pyrrole nitrogens is 1. The van der Waals surface area contributed by atoms with Crippen LogP contribution >= 0.6 is 0 Å². The van der Waals surface area contributed by atoms with E-state index in [9.17, 15) is 53.9 Å². The van der Waals surface area contributed by atoms with Crippen molar-refractivity contribution in [2.45, 2.75) is 18.5 Å². The van der Waals surface area contributed by atoms with Crippen LogP contribution < -0.4 is 10.3 Å². The van der Waals surface area contributed by atoms with Crippen LogP contribution in [-0.4, -0.2) is 41.4 Å². The van der Waals surface area contributed by atoms with Gasteiger partial charge in [-0.2, -0.15) is 39.5 Å². The molecule has 0 spiro atoms. The number of hydrogen-bond donors (Lipinski definition) is 1. The van der Waals surface area contributed by atoms with E-state index in [0.29, 0.717) is 0 Å². The quantitative estimate of drug-likeness (QED) is 0.404. The molecule has 30 heavy (non-hydrogen) atoms. The number of aromatic amines is 1. The molecule has 0 aliphatic carbocycles. The number of carbonyl (C=O) groups is 2. The number of hydrogen-bond acceptors (Lipinski definition) is 6. The third-order valence-electron chi connectivity index (χ3n) is 2.83. The monoisotopic (exact) mass is 454 g/mol. The second kappa shape index (κ2) is 8.58. The predicted molar refractivity (Wildman–Crippen MR) is 77.1 cm³/mol. The van der Waals surface area contributed by atoms with E-state index in [1.807, 2.05) is 0 Å². The Hall–Kier alpha value is -3.33. The normalized spacial score (nSPS) is 12.1. The topological polar surface area (TPSA) is 98.3 Å². The van der Waals surface area contributed by atoms with E-state index in [-0.39, 0.29) is 16.7 Å². The van der Waals surface area contributed by atoms with Gasteiger partial charge in [0.2, 0.25) is 5.82 Å². The van der Waals surface area contributed by atoms with Crippen LogP contribution in [0.5, 0.6) is 5.75 Å². The molecule has 7 nitrogen and oxygen atoms in total. The third-order valence-corrected chi connectivity index (χ3v) is 2.83. The molecule has 1 aromatic heterocycles. The van der Waals surface area contributed by atoms with Crippen molar-refractivity contribution in [3.05, 3.63) is 34.4 Å². The number of carbonyl (C=O) groups excluding carboxylic acids is 2. The molecule has 2 rings (SSSR count). The number of methoxy groups -OCH3 is 1. The summed E-state index contributed by atoms with van der Waals surface area (Å²) in [6, 6.07) is 4.27. The standard InChI is InChI=1S/C10H7F3N2O2.C4F6O3/c1-17-6-4-2-3-5-7(6)8(16)15-9(14-5)10(11,12)13;5-3(6,7)1(11)13-2(12)4(8,9)10/h2-4H,1H3,(H,14,15,16);. The molecule has 0 saturated heterocycles. The van der Waals surface area contributed by atoms with Crippen LogP contribution in [-0.2, 0) is 20.5 Å². The van der Waals surface area contributed by atoms with Gasteiger partial charge in [-0.15, -0.1) is 0 Å². The van der Waals surface area contributed by atoms with Crippen molar-refractivity contribution < 1.29 is 58.6 Å². The molecule has 2 aromatic rings. The highest BCUT2D eigenvalue weighted by Crippen LogP contribution is 2.27. The maximum absolute atomic E-state index is 12.4. The minimum Gasteiger partial charge on any atom is -0.496 e. The van der Waals surface area contributed by atoms with E-state index in [2.05, 4.69) is 9.72 Å². The zero-order valence-electron chi connectivity index (χ0n) is 14.1. The highest BCUT2D eigenvalue weighted by molar-refractivity contribution is 5.90. The van der Waals surface area contributed by atoms with Gasteiger partial charge in [0, 0.05) is 0 Å². The van der Waals surface area contributed by atoms with Crippen molar-refractivity contribution in [2.75, 3.05) is 7.11 Å². The number of rotatable bonds is 1. The van der Waals surface area contributed by atoms with Crippen molar-refractivity contribution in [1.82, 2.24) is 9.97 Å². The zero-order valence-corrected chi connectivity index (χ0v) is 14.1. The molecule has 0 bridgehead atoms. The lowest BCUT2D eigenvalue weighted by Gasteiger charge is -2.08. The highest BCUT2D eigenvalue weighted by atomic mass is 19.4. The summed E-state index contributed by atoms with van der Waals surface area (Å²) < 4.78 is 112. The molecular formula is C14H7F9N2O5. The first-order chi connectivity index (χ1) is 13.5. The van der Waals surface area contributed by atoms with Gasteiger partial charge in [-0.3, -0.25) is 4.79 Å². The van der Waals surface area contributed by atoms with Crippen molar-refractivity contribution in [3.8, 4) is 5.75 Å². The summed E-state index contributed by atoms with van der Waals surface area (Å²) in [5.74, 6) is -7.53. The lowest BCUT2D eigenvalue weighted by Crippen LogP contribution is -2.34. The largest absolute Gasteiger partial charge is 0.496 e. The number of halogens is 9. The zero-order chi connectivity index (χ0) is 23.5. The van der Waals surface area contributed by atoms with Gasteiger partial charge in [0.05, 0.1) is 12.6 Å². The molecule has 1 heterocycles. The molecule has 0 radical (unpaired) electrons. The Morgan fingerprint density at radius 1 is 0.933 bits per heavy atom. The number of ether oxygens (including phenoxy) is 2. The summed E-state index contributed by atoms with van der Waals surface area (Å²) in [5.41, 5.74) is -0.930. The molecule has 0 fully saturated rings. The van der Waals surface area contributed by atoms with Crippen LogP contribution in [0.25, 0.3) is 10.9 Å². The van der Waals surface area contributed by atoms with Crippen LogP contribution in [0.15, 0.2) is 23.0 Å². The Bertz CT molecular complexity index is 968. The van der Waals surface area contributed by atoms with Gasteiger partial charge in [0.25, 0.3) is 5.56 Å². The molecule has 0 saturated carbocycles. The summed E-state index contributed by atoms with van der Waals surface area (Å²) in [5, 5.41) is 0.00278. The Kier molecular flexibility index (Phi) is 7.07. The summed E-state index contributed by atoms with van der Waals surface area (Å²) >= 11 is 0. The van der Waals surface area contributed by atoms with Crippen LogP contribution in [0.2, 0.25) is 0 Å². The molecule has 0 aliphatic rings. The summed E-state index contributed by atoms with van der Waals surface area (Å²) in [6.45, 7) is 0. The van der Waals surface area contributed by atoms with E-state index in [1.54, 1.807) is 4.98 Å². The number of nitrogens with one attached hydrogen (secondary N) is 1. The molecule has 0 unspecified atom stereocenters. The highest BCUT2D eigenvalue weighted by Gasteiger charge is 2.49. The van der Waals surface area contributed by atoms with Crippen molar-refractivity contribution >= 4 is 22.8 Å². The fourth-order valence-corrected chi connectivity index (χ4v) is 1.66. The van der Waals surface area contributed by atoms with Gasteiger partial charge in [-0.25, -0.2) is 14.6 Å². The van der Waals surface area contributed by atoms with Crippen LogP contribution in [0, 0.1) is 0 Å². The Balaban J connectivity index is 0.000000314. The molecule has 0 atom stereocenters. The predicted octanol–water partition coefficient (Wildman–Crippen LogP) is 3.13. The Labute approximate surface area is 158 Å². The van der Waals surface area contributed by atoms with Crippen LogP contribution in [0.3, 0.4) is 0 Å². The average Bonchev–Trinajstić information content (AvgIpc) is 2.59. The average molecular weight is 454 g/mol. The van der Waals surface area contributed by atoms with E-state index in [0.717, 1.165) is 0 Å². The van der Waals surface area contributed by atoms with E-state index in [4.69, 9.17) is 4.74 Å². The minimum absolute atomic E-state index is 0.00278. The summed E-state index contributed by atoms with van der Waals surface area (Å²) in [6.07, 6.45) is -15.9. The fraction of sp³-hybridized carbons (Fsp3) is 0.286. The molecule has 0 aliphatic heterocycles. The van der Waals surface area contributed by atoms with Gasteiger partial charge in [0.15, 0.2) is 0 Å². The number of fused-ring (bicyclic) bond motifs is 1. The van der Waals surface area contributed by atoms with Crippen LogP contribution in [0.4, 0.5) is 39.5 Å². The first-order valence-electron chi connectivity index (χ1n) is 7.03. The maximum atomic E-state index is 12.4.